The molecule has 148 valence electrons. The van der Waals surface area contributed by atoms with E-state index in [0.717, 1.165) is 48.9 Å². The molecular weight excluding hydrogens is 370 g/mol. The molecule has 0 bridgehead atoms. The highest BCUT2D eigenvalue weighted by molar-refractivity contribution is 6.31. The molecule has 0 aliphatic carbocycles. The molecule has 3 aromatic rings. The van der Waals surface area contributed by atoms with Gasteiger partial charge in [-0.05, 0) is 61.0 Å². The zero-order valence-corrected chi connectivity index (χ0v) is 17.4. The number of halogens is 1. The summed E-state index contributed by atoms with van der Waals surface area (Å²) in [5.41, 5.74) is 4.98. The van der Waals surface area contributed by atoms with Crippen LogP contribution in [0, 0.1) is 0 Å². The SMILES string of the molecule is CCN(CC)CCOc1cccc(C2NCCc3c2[nH]c2ccc(Cl)cc32)c1. The van der Waals surface area contributed by atoms with Crippen molar-refractivity contribution in [3.63, 3.8) is 0 Å². The van der Waals surface area contributed by atoms with Crippen LogP contribution in [0.1, 0.15) is 36.7 Å². The summed E-state index contributed by atoms with van der Waals surface area (Å²) >= 11 is 6.23. The van der Waals surface area contributed by atoms with E-state index in [1.807, 2.05) is 12.1 Å². The van der Waals surface area contributed by atoms with Gasteiger partial charge in [0.25, 0.3) is 0 Å². The zero-order valence-electron chi connectivity index (χ0n) is 16.6. The van der Waals surface area contributed by atoms with Crippen molar-refractivity contribution in [1.82, 2.24) is 15.2 Å². The summed E-state index contributed by atoms with van der Waals surface area (Å²) in [6.07, 6.45) is 1.01. The number of likely N-dealkylation sites (N-methyl/N-ethyl adjacent to an activating group) is 1. The van der Waals surface area contributed by atoms with Gasteiger partial charge in [0, 0.05) is 34.7 Å². The molecule has 0 saturated carbocycles. The van der Waals surface area contributed by atoms with E-state index in [1.54, 1.807) is 0 Å². The number of nitrogens with zero attached hydrogens (tertiary/aromatic N) is 1. The van der Waals surface area contributed by atoms with Crippen molar-refractivity contribution in [3.05, 3.63) is 64.3 Å². The normalized spacial score (nSPS) is 16.5. The fourth-order valence-electron chi connectivity index (χ4n) is 4.10. The average molecular weight is 398 g/mol. The van der Waals surface area contributed by atoms with Gasteiger partial charge in [-0.2, -0.15) is 0 Å². The van der Waals surface area contributed by atoms with Crippen LogP contribution in [0.25, 0.3) is 10.9 Å². The Bertz CT molecular complexity index is 948. The predicted molar refractivity (Wildman–Crippen MR) is 117 cm³/mol. The van der Waals surface area contributed by atoms with E-state index in [1.165, 1.54) is 22.2 Å². The van der Waals surface area contributed by atoms with Gasteiger partial charge in [0.2, 0.25) is 0 Å². The molecule has 4 rings (SSSR count). The first-order valence-electron chi connectivity index (χ1n) is 10.2. The first-order valence-corrected chi connectivity index (χ1v) is 10.6. The molecule has 2 N–H and O–H groups in total. The molecule has 0 spiro atoms. The summed E-state index contributed by atoms with van der Waals surface area (Å²) in [5.74, 6) is 0.928. The van der Waals surface area contributed by atoms with Crippen LogP contribution in [-0.4, -0.2) is 42.7 Å². The van der Waals surface area contributed by atoms with Crippen LogP contribution < -0.4 is 10.1 Å². The van der Waals surface area contributed by atoms with Crippen LogP contribution in [0.5, 0.6) is 5.75 Å². The second-order valence-corrected chi connectivity index (χ2v) is 7.73. The van der Waals surface area contributed by atoms with Crippen LogP contribution in [0.2, 0.25) is 5.02 Å². The van der Waals surface area contributed by atoms with Crippen LogP contribution in [0.4, 0.5) is 0 Å². The van der Waals surface area contributed by atoms with Crippen LogP contribution in [0.3, 0.4) is 0 Å². The van der Waals surface area contributed by atoms with Crippen molar-refractivity contribution in [2.45, 2.75) is 26.3 Å². The number of rotatable bonds is 7. The number of aromatic amines is 1. The fourth-order valence-corrected chi connectivity index (χ4v) is 4.27. The van der Waals surface area contributed by atoms with Gasteiger partial charge in [0.15, 0.2) is 0 Å². The van der Waals surface area contributed by atoms with Crippen LogP contribution >= 0.6 is 11.6 Å². The van der Waals surface area contributed by atoms with E-state index in [2.05, 4.69) is 59.4 Å². The third-order valence-electron chi connectivity index (χ3n) is 5.68. The molecule has 1 aliphatic heterocycles. The minimum Gasteiger partial charge on any atom is -0.492 e. The van der Waals surface area contributed by atoms with Gasteiger partial charge in [-0.15, -0.1) is 0 Å². The lowest BCUT2D eigenvalue weighted by Crippen LogP contribution is -2.30. The molecule has 0 fully saturated rings. The van der Waals surface area contributed by atoms with E-state index in [4.69, 9.17) is 16.3 Å². The molecule has 28 heavy (non-hydrogen) atoms. The smallest absolute Gasteiger partial charge is 0.119 e. The van der Waals surface area contributed by atoms with Gasteiger partial charge in [0.05, 0.1) is 6.04 Å². The highest BCUT2D eigenvalue weighted by atomic mass is 35.5. The molecule has 1 aromatic heterocycles. The lowest BCUT2D eigenvalue weighted by Gasteiger charge is -2.25. The summed E-state index contributed by atoms with van der Waals surface area (Å²) < 4.78 is 6.04. The van der Waals surface area contributed by atoms with E-state index in [-0.39, 0.29) is 6.04 Å². The largest absolute Gasteiger partial charge is 0.492 e. The van der Waals surface area contributed by atoms with Gasteiger partial charge in [-0.1, -0.05) is 37.6 Å². The number of hydrogen-bond acceptors (Lipinski definition) is 3. The van der Waals surface area contributed by atoms with Crippen molar-refractivity contribution in [1.29, 1.82) is 0 Å². The van der Waals surface area contributed by atoms with E-state index in [9.17, 15) is 0 Å². The van der Waals surface area contributed by atoms with Crippen LogP contribution in [0.15, 0.2) is 42.5 Å². The Balaban J connectivity index is 1.56. The highest BCUT2D eigenvalue weighted by Gasteiger charge is 2.25. The molecule has 4 nitrogen and oxygen atoms in total. The highest BCUT2D eigenvalue weighted by Crippen LogP contribution is 2.35. The zero-order chi connectivity index (χ0) is 19.5. The molecule has 2 heterocycles. The number of H-pyrrole nitrogens is 1. The van der Waals surface area contributed by atoms with Gasteiger partial charge in [-0.25, -0.2) is 0 Å². The van der Waals surface area contributed by atoms with Gasteiger partial charge < -0.3 is 19.9 Å². The topological polar surface area (TPSA) is 40.3 Å². The maximum absolute atomic E-state index is 6.23. The van der Waals surface area contributed by atoms with Crippen molar-refractivity contribution in [3.8, 4) is 5.75 Å². The summed E-state index contributed by atoms with van der Waals surface area (Å²) in [6, 6.07) is 14.7. The Morgan fingerprint density at radius 3 is 2.82 bits per heavy atom. The van der Waals surface area contributed by atoms with E-state index < -0.39 is 0 Å². The Labute approximate surface area is 171 Å². The fraction of sp³-hybridized carbons (Fsp3) is 0.391. The first kappa shape index (κ1) is 19.3. The Morgan fingerprint density at radius 1 is 1.14 bits per heavy atom. The monoisotopic (exact) mass is 397 g/mol. The Hall–Kier alpha value is -2.01. The van der Waals surface area contributed by atoms with Gasteiger partial charge in [0.1, 0.15) is 12.4 Å². The summed E-state index contributed by atoms with van der Waals surface area (Å²) in [5, 5.41) is 5.68. The van der Waals surface area contributed by atoms with Crippen molar-refractivity contribution < 1.29 is 4.74 Å². The predicted octanol–water partition coefficient (Wildman–Crippen LogP) is 4.78. The Kier molecular flexibility index (Phi) is 5.90. The third-order valence-corrected chi connectivity index (χ3v) is 5.91. The number of ether oxygens (including phenoxy) is 1. The molecule has 1 atom stereocenters. The maximum atomic E-state index is 6.23. The summed E-state index contributed by atoms with van der Waals surface area (Å²) in [7, 11) is 0. The van der Waals surface area contributed by atoms with Crippen molar-refractivity contribution in [2.75, 3.05) is 32.8 Å². The molecule has 0 saturated heterocycles. The van der Waals surface area contributed by atoms with Gasteiger partial charge in [-0.3, -0.25) is 0 Å². The third kappa shape index (κ3) is 3.90. The molecule has 5 heteroatoms. The van der Waals surface area contributed by atoms with Crippen molar-refractivity contribution in [2.24, 2.45) is 0 Å². The molecule has 0 radical (unpaired) electrons. The Morgan fingerprint density at radius 2 is 2.00 bits per heavy atom. The molecule has 1 unspecified atom stereocenters. The number of benzene rings is 2. The van der Waals surface area contributed by atoms with E-state index >= 15 is 0 Å². The summed E-state index contributed by atoms with van der Waals surface area (Å²) in [4.78, 5) is 5.99. The molecular formula is C23H28ClN3O. The van der Waals surface area contributed by atoms with Gasteiger partial charge >= 0.3 is 0 Å². The standard InChI is InChI=1S/C23H28ClN3O/c1-3-27(4-2)12-13-28-18-7-5-6-16(14-18)22-23-19(10-11-25-22)20-15-17(24)8-9-21(20)26-23/h5-9,14-15,22,25-26H,3-4,10-13H2,1-2H3. The number of fused-ring (bicyclic) bond motifs is 3. The lowest BCUT2D eigenvalue weighted by molar-refractivity contribution is 0.222. The summed E-state index contributed by atoms with van der Waals surface area (Å²) in [6.45, 7) is 9.08. The second-order valence-electron chi connectivity index (χ2n) is 7.29. The minimum absolute atomic E-state index is 0.140. The quantitative estimate of drug-likeness (QED) is 0.602. The van der Waals surface area contributed by atoms with E-state index in [0.29, 0.717) is 6.61 Å². The molecule has 1 aliphatic rings. The number of nitrogens with one attached hydrogen (secondary N) is 2. The maximum Gasteiger partial charge on any atom is 0.119 e. The lowest BCUT2D eigenvalue weighted by atomic mass is 9.94. The minimum atomic E-state index is 0.140. The number of aromatic nitrogens is 1. The second kappa shape index (κ2) is 8.56. The first-order chi connectivity index (χ1) is 13.7. The van der Waals surface area contributed by atoms with Crippen LogP contribution in [-0.2, 0) is 6.42 Å². The average Bonchev–Trinajstić information content (AvgIpc) is 3.09. The molecule has 2 aromatic carbocycles. The number of hydrogen-bond donors (Lipinski definition) is 2. The molecule has 0 amide bonds. The van der Waals surface area contributed by atoms with Crippen molar-refractivity contribution >= 4 is 22.5 Å².